The van der Waals surface area contributed by atoms with E-state index in [4.69, 9.17) is 0 Å². The molecule has 0 aliphatic rings. The fourth-order valence-corrected chi connectivity index (χ4v) is 2.82. The Hall–Kier alpha value is -2.46. The average Bonchev–Trinajstić information content (AvgIpc) is 2.62. The molecule has 0 spiro atoms. The maximum absolute atomic E-state index is 12.4. The van der Waals surface area contributed by atoms with Gasteiger partial charge in [0.1, 0.15) is 6.54 Å². The highest BCUT2D eigenvalue weighted by Gasteiger charge is 2.20. The van der Waals surface area contributed by atoms with Crippen LogP contribution in [0.5, 0.6) is 0 Å². The van der Waals surface area contributed by atoms with Gasteiger partial charge in [-0.2, -0.15) is 0 Å². The van der Waals surface area contributed by atoms with E-state index >= 15 is 0 Å². The van der Waals surface area contributed by atoms with Gasteiger partial charge < -0.3 is 10.2 Å². The van der Waals surface area contributed by atoms with Crippen LogP contribution in [0.25, 0.3) is 0 Å². The number of carbonyl (C=O) groups is 2. The van der Waals surface area contributed by atoms with Crippen LogP contribution in [0.4, 0.5) is 0 Å². The fraction of sp³-hybridized carbons (Fsp3) is 0.333. The first kappa shape index (κ1) is 18.9. The molecular formula is C21H27N2O2+. The molecule has 2 aromatic carbocycles. The van der Waals surface area contributed by atoms with Gasteiger partial charge >= 0.3 is 0 Å². The second-order valence-electron chi connectivity index (χ2n) is 6.36. The number of hydrogen-bond donors (Lipinski definition) is 2. The highest BCUT2D eigenvalue weighted by Crippen LogP contribution is 2.04. The first-order valence-electron chi connectivity index (χ1n) is 8.79. The van der Waals surface area contributed by atoms with Crippen molar-refractivity contribution in [2.75, 3.05) is 13.1 Å². The van der Waals surface area contributed by atoms with Crippen molar-refractivity contribution in [2.45, 2.75) is 32.9 Å². The van der Waals surface area contributed by atoms with Crippen LogP contribution in [0.2, 0.25) is 0 Å². The van der Waals surface area contributed by atoms with Crippen LogP contribution < -0.4 is 10.2 Å². The molecule has 0 saturated carbocycles. The van der Waals surface area contributed by atoms with Crippen molar-refractivity contribution in [1.29, 1.82) is 0 Å². The van der Waals surface area contributed by atoms with E-state index in [2.05, 4.69) is 24.4 Å². The monoisotopic (exact) mass is 339 g/mol. The number of amides is 1. The molecule has 0 aromatic heterocycles. The zero-order valence-corrected chi connectivity index (χ0v) is 15.0. The van der Waals surface area contributed by atoms with Crippen LogP contribution >= 0.6 is 0 Å². The van der Waals surface area contributed by atoms with Crippen LogP contribution in [0, 0.1) is 0 Å². The van der Waals surface area contributed by atoms with Gasteiger partial charge in [0.25, 0.3) is 5.91 Å². The lowest BCUT2D eigenvalue weighted by Gasteiger charge is -2.20. The van der Waals surface area contributed by atoms with Crippen LogP contribution in [0.1, 0.15) is 25.0 Å². The normalized spacial score (nSPS) is 13.0. The largest absolute Gasteiger partial charge is 0.341 e. The average molecular weight is 339 g/mol. The lowest BCUT2D eigenvalue weighted by molar-refractivity contribution is -0.904. The lowest BCUT2D eigenvalue weighted by Crippen LogP contribution is -3.11. The summed E-state index contributed by atoms with van der Waals surface area (Å²) in [6, 6.07) is 19.5. The SMILES string of the molecule is CC[NH+](CC(=O)N[C@@H](Cc1ccccc1)C(C)=O)Cc1ccccc1. The quantitative estimate of drug-likeness (QED) is 0.726. The number of benzene rings is 2. The summed E-state index contributed by atoms with van der Waals surface area (Å²) in [5.74, 6) is -0.0952. The van der Waals surface area contributed by atoms with Crippen LogP contribution in [-0.4, -0.2) is 30.8 Å². The second-order valence-corrected chi connectivity index (χ2v) is 6.36. The molecule has 0 saturated heterocycles. The Labute approximate surface area is 149 Å². The lowest BCUT2D eigenvalue weighted by atomic mass is 10.0. The molecular weight excluding hydrogens is 312 g/mol. The van der Waals surface area contributed by atoms with E-state index in [9.17, 15) is 9.59 Å². The summed E-state index contributed by atoms with van der Waals surface area (Å²) in [4.78, 5) is 25.5. The molecule has 1 amide bonds. The van der Waals surface area contributed by atoms with Crippen LogP contribution in [-0.2, 0) is 22.6 Å². The zero-order chi connectivity index (χ0) is 18.1. The van der Waals surface area contributed by atoms with E-state index in [1.54, 1.807) is 0 Å². The Morgan fingerprint density at radius 1 is 0.960 bits per heavy atom. The molecule has 2 atom stereocenters. The number of likely N-dealkylation sites (N-methyl/N-ethyl adjacent to an activating group) is 1. The third-order valence-corrected chi connectivity index (χ3v) is 4.32. The Morgan fingerprint density at radius 2 is 1.52 bits per heavy atom. The molecule has 132 valence electrons. The molecule has 1 unspecified atom stereocenters. The second kappa shape index (κ2) is 9.74. The fourth-order valence-electron chi connectivity index (χ4n) is 2.82. The topological polar surface area (TPSA) is 50.6 Å². The first-order chi connectivity index (χ1) is 12.1. The maximum Gasteiger partial charge on any atom is 0.275 e. The summed E-state index contributed by atoms with van der Waals surface area (Å²) in [5.41, 5.74) is 2.26. The van der Waals surface area contributed by atoms with Gasteiger partial charge in [-0.05, 0) is 25.8 Å². The van der Waals surface area contributed by atoms with Gasteiger partial charge in [-0.1, -0.05) is 60.7 Å². The van der Waals surface area contributed by atoms with Gasteiger partial charge in [-0.25, -0.2) is 0 Å². The molecule has 2 aromatic rings. The van der Waals surface area contributed by atoms with Crippen molar-refractivity contribution in [2.24, 2.45) is 0 Å². The molecule has 25 heavy (non-hydrogen) atoms. The molecule has 0 aliphatic carbocycles. The Morgan fingerprint density at radius 3 is 2.04 bits per heavy atom. The number of hydrogen-bond acceptors (Lipinski definition) is 2. The van der Waals surface area contributed by atoms with Crippen molar-refractivity contribution in [3.63, 3.8) is 0 Å². The van der Waals surface area contributed by atoms with Gasteiger partial charge in [-0.15, -0.1) is 0 Å². The van der Waals surface area contributed by atoms with Crippen LogP contribution in [0.3, 0.4) is 0 Å². The van der Waals surface area contributed by atoms with E-state index in [1.165, 1.54) is 17.4 Å². The molecule has 0 aliphatic heterocycles. The number of ketones is 1. The molecule has 0 heterocycles. The third-order valence-electron chi connectivity index (χ3n) is 4.32. The summed E-state index contributed by atoms with van der Waals surface area (Å²) >= 11 is 0. The zero-order valence-electron chi connectivity index (χ0n) is 15.0. The Bertz CT molecular complexity index is 671. The van der Waals surface area contributed by atoms with E-state index in [0.717, 1.165) is 18.7 Å². The summed E-state index contributed by atoms with van der Waals surface area (Å²) < 4.78 is 0. The standard InChI is InChI=1S/C21H26N2O2/c1-3-23(15-19-12-8-5-9-13-19)16-21(25)22-20(17(2)24)14-18-10-6-4-7-11-18/h4-13,20H,3,14-16H2,1-2H3,(H,22,25)/p+1/t20-/m0/s1. The van der Waals surface area contributed by atoms with Crippen molar-refractivity contribution in [3.8, 4) is 0 Å². The minimum Gasteiger partial charge on any atom is -0.341 e. The molecule has 0 bridgehead atoms. The van der Waals surface area contributed by atoms with Gasteiger partial charge in [0.05, 0.1) is 12.6 Å². The maximum atomic E-state index is 12.4. The molecule has 2 rings (SSSR count). The highest BCUT2D eigenvalue weighted by atomic mass is 16.2. The smallest absolute Gasteiger partial charge is 0.275 e. The summed E-state index contributed by atoms with van der Waals surface area (Å²) in [7, 11) is 0. The minimum absolute atomic E-state index is 0.0155. The van der Waals surface area contributed by atoms with Gasteiger partial charge in [0.15, 0.2) is 12.3 Å². The molecule has 2 N–H and O–H groups in total. The number of nitrogens with one attached hydrogen (secondary N) is 2. The number of carbonyl (C=O) groups excluding carboxylic acids is 2. The molecule has 4 nitrogen and oxygen atoms in total. The van der Waals surface area contributed by atoms with Gasteiger partial charge in [0, 0.05) is 5.56 Å². The molecule has 0 fully saturated rings. The van der Waals surface area contributed by atoms with Crippen molar-refractivity contribution in [3.05, 3.63) is 71.8 Å². The van der Waals surface area contributed by atoms with Gasteiger partial charge in [0.2, 0.25) is 0 Å². The minimum atomic E-state index is -0.468. The number of rotatable bonds is 9. The van der Waals surface area contributed by atoms with Crippen LogP contribution in [0.15, 0.2) is 60.7 Å². The first-order valence-corrected chi connectivity index (χ1v) is 8.79. The Kier molecular flexibility index (Phi) is 7.36. The Balaban J connectivity index is 1.92. The molecule has 4 heteroatoms. The summed E-state index contributed by atoms with van der Waals surface area (Å²) in [6.45, 7) is 5.62. The van der Waals surface area contributed by atoms with Crippen molar-refractivity contribution < 1.29 is 14.5 Å². The van der Waals surface area contributed by atoms with E-state index in [-0.39, 0.29) is 11.7 Å². The predicted molar refractivity (Wildman–Crippen MR) is 99.3 cm³/mol. The summed E-state index contributed by atoms with van der Waals surface area (Å²) in [5, 5.41) is 2.91. The number of quaternary nitrogens is 1. The summed E-state index contributed by atoms with van der Waals surface area (Å²) in [6.07, 6.45) is 0.530. The van der Waals surface area contributed by atoms with Crippen molar-refractivity contribution in [1.82, 2.24) is 5.32 Å². The highest BCUT2D eigenvalue weighted by molar-refractivity contribution is 5.88. The molecule has 0 radical (unpaired) electrons. The number of Topliss-reactive ketones (excluding diaryl/α,β-unsaturated/α-hetero) is 1. The predicted octanol–water partition coefficient (Wildman–Crippen LogP) is 1.41. The van der Waals surface area contributed by atoms with E-state index < -0.39 is 6.04 Å². The van der Waals surface area contributed by atoms with Crippen molar-refractivity contribution >= 4 is 11.7 Å². The van der Waals surface area contributed by atoms with Gasteiger partial charge in [-0.3, -0.25) is 9.59 Å². The third kappa shape index (κ3) is 6.51. The van der Waals surface area contributed by atoms with E-state index in [1.807, 2.05) is 48.5 Å². The van der Waals surface area contributed by atoms with E-state index in [0.29, 0.717) is 13.0 Å².